The number of fused-ring (bicyclic) bond motifs is 1. The lowest BCUT2D eigenvalue weighted by molar-refractivity contribution is 0.410. The third-order valence-electron chi connectivity index (χ3n) is 4.68. The van der Waals surface area contributed by atoms with Gasteiger partial charge in [0.25, 0.3) is 0 Å². The smallest absolute Gasteiger partial charge is 0.177 e. The first-order valence-electron chi connectivity index (χ1n) is 8.67. The molecule has 1 aliphatic carbocycles. The van der Waals surface area contributed by atoms with E-state index < -0.39 is 5.82 Å². The zero-order valence-corrected chi connectivity index (χ0v) is 14.9. The molecule has 0 spiro atoms. The van der Waals surface area contributed by atoms with Crippen LogP contribution in [-0.4, -0.2) is 26.7 Å². The van der Waals surface area contributed by atoms with E-state index in [4.69, 9.17) is 17.3 Å². The molecule has 0 atom stereocenters. The average Bonchev–Trinajstić information content (AvgIpc) is 3.09. The summed E-state index contributed by atoms with van der Waals surface area (Å²) in [7, 11) is 0. The molecule has 0 aliphatic heterocycles. The molecule has 136 valence electrons. The second-order valence-corrected chi connectivity index (χ2v) is 7.06. The first-order valence-corrected chi connectivity index (χ1v) is 9.05. The maximum absolute atomic E-state index is 13.4. The van der Waals surface area contributed by atoms with E-state index in [1.807, 2.05) is 6.07 Å². The molecule has 2 heterocycles. The fourth-order valence-electron chi connectivity index (χ4n) is 3.28. The van der Waals surface area contributed by atoms with Crippen LogP contribution in [-0.2, 0) is 0 Å². The number of nitrogens with two attached hydrogens (primary N) is 1. The van der Waals surface area contributed by atoms with Gasteiger partial charge in [-0.2, -0.15) is 0 Å². The van der Waals surface area contributed by atoms with Crippen LogP contribution in [0.25, 0.3) is 5.65 Å². The molecule has 0 radical (unpaired) electrons. The molecule has 1 fully saturated rings. The van der Waals surface area contributed by atoms with Crippen molar-refractivity contribution in [2.45, 2.75) is 37.8 Å². The number of hydrogen-bond donors (Lipinski definition) is 3. The van der Waals surface area contributed by atoms with Crippen LogP contribution in [0.3, 0.4) is 0 Å². The van der Waals surface area contributed by atoms with Crippen LogP contribution in [0.4, 0.5) is 21.6 Å². The summed E-state index contributed by atoms with van der Waals surface area (Å²) in [5.74, 6) is 0.308. The van der Waals surface area contributed by atoms with Crippen LogP contribution in [0.1, 0.15) is 25.7 Å². The van der Waals surface area contributed by atoms with E-state index in [1.54, 1.807) is 29.0 Å². The molecule has 1 saturated carbocycles. The zero-order chi connectivity index (χ0) is 18.1. The van der Waals surface area contributed by atoms with Crippen LogP contribution >= 0.6 is 11.6 Å². The maximum Gasteiger partial charge on any atom is 0.177 e. The van der Waals surface area contributed by atoms with Gasteiger partial charge in [0, 0.05) is 36.2 Å². The lowest BCUT2D eigenvalue weighted by Crippen LogP contribution is -2.33. The number of rotatable bonds is 4. The van der Waals surface area contributed by atoms with Crippen LogP contribution in [0.5, 0.6) is 0 Å². The molecule has 2 aromatic heterocycles. The Morgan fingerprint density at radius 1 is 1.19 bits per heavy atom. The number of hydrogen-bond acceptors (Lipinski definition) is 5. The molecule has 4 rings (SSSR count). The number of nitrogens with zero attached hydrogens (tertiary/aromatic N) is 3. The molecule has 0 saturated heterocycles. The van der Waals surface area contributed by atoms with E-state index in [0.29, 0.717) is 23.4 Å². The Bertz CT molecular complexity index is 919. The van der Waals surface area contributed by atoms with Crippen LogP contribution in [0, 0.1) is 5.82 Å². The molecular formula is C18H20ClFN6. The van der Waals surface area contributed by atoms with Gasteiger partial charge in [0.1, 0.15) is 11.6 Å². The normalized spacial score (nSPS) is 20.3. The van der Waals surface area contributed by atoms with E-state index in [1.165, 1.54) is 6.07 Å². The highest BCUT2D eigenvalue weighted by Crippen LogP contribution is 2.27. The van der Waals surface area contributed by atoms with Gasteiger partial charge in [0.15, 0.2) is 5.65 Å². The van der Waals surface area contributed by atoms with E-state index in [2.05, 4.69) is 20.7 Å². The molecule has 0 unspecified atom stereocenters. The van der Waals surface area contributed by atoms with Crippen LogP contribution < -0.4 is 16.4 Å². The second kappa shape index (κ2) is 7.09. The van der Waals surface area contributed by atoms with Gasteiger partial charge in [-0.1, -0.05) is 11.6 Å². The topological polar surface area (TPSA) is 80.3 Å². The predicted molar refractivity (Wildman–Crippen MR) is 102 cm³/mol. The fourth-order valence-corrected chi connectivity index (χ4v) is 3.46. The summed E-state index contributed by atoms with van der Waals surface area (Å²) in [4.78, 5) is 4.34. The monoisotopic (exact) mass is 374 g/mol. The predicted octanol–water partition coefficient (Wildman–Crippen LogP) is 3.95. The summed E-state index contributed by atoms with van der Waals surface area (Å²) in [5, 5.41) is 11.4. The van der Waals surface area contributed by atoms with Gasteiger partial charge in [-0.15, -0.1) is 5.10 Å². The van der Waals surface area contributed by atoms with Crippen molar-refractivity contribution in [3.05, 3.63) is 47.5 Å². The van der Waals surface area contributed by atoms with Gasteiger partial charge < -0.3 is 16.4 Å². The van der Waals surface area contributed by atoms with Crippen LogP contribution in [0.2, 0.25) is 5.02 Å². The average molecular weight is 375 g/mol. The highest BCUT2D eigenvalue weighted by atomic mass is 35.5. The summed E-state index contributed by atoms with van der Waals surface area (Å²) < 4.78 is 15.1. The van der Waals surface area contributed by atoms with Gasteiger partial charge >= 0.3 is 0 Å². The van der Waals surface area contributed by atoms with Crippen molar-refractivity contribution in [3.8, 4) is 0 Å². The molecule has 1 aromatic carbocycles. The Hall–Kier alpha value is -2.38. The Morgan fingerprint density at radius 2 is 2.00 bits per heavy atom. The van der Waals surface area contributed by atoms with Crippen molar-refractivity contribution < 1.29 is 4.39 Å². The lowest BCUT2D eigenvalue weighted by atomic mass is 9.92. The molecule has 6 nitrogen and oxygen atoms in total. The summed E-state index contributed by atoms with van der Waals surface area (Å²) in [6, 6.07) is 7.09. The van der Waals surface area contributed by atoms with Crippen molar-refractivity contribution in [1.82, 2.24) is 14.6 Å². The maximum atomic E-state index is 13.4. The fraction of sp³-hybridized carbons (Fsp3) is 0.333. The number of halogens is 2. The molecule has 1 aliphatic rings. The third-order valence-corrected chi connectivity index (χ3v) is 4.97. The van der Waals surface area contributed by atoms with E-state index in [9.17, 15) is 4.39 Å². The molecule has 0 amide bonds. The standard InChI is InChI=1S/C18H20ClFN6/c19-14-9-13(5-6-15(14)20)23-16-10-17(25-26-8-7-22-18(16)26)24-12-3-1-11(21)2-4-12/h5-12,23H,1-4,21H2,(H,24,25). The minimum absolute atomic E-state index is 0.0697. The van der Waals surface area contributed by atoms with E-state index >= 15 is 0 Å². The highest BCUT2D eigenvalue weighted by molar-refractivity contribution is 6.31. The number of anilines is 3. The van der Waals surface area contributed by atoms with E-state index in [0.717, 1.165) is 37.2 Å². The summed E-state index contributed by atoms with van der Waals surface area (Å²) in [6.07, 6.45) is 7.57. The third kappa shape index (κ3) is 3.59. The first-order chi connectivity index (χ1) is 12.6. The SMILES string of the molecule is NC1CCC(Nc2cc(Nc3ccc(F)c(Cl)c3)c3nccn3n2)CC1. The number of imidazole rings is 1. The van der Waals surface area contributed by atoms with Gasteiger partial charge in [-0.3, -0.25) is 0 Å². The van der Waals surface area contributed by atoms with Crippen LogP contribution in [0.15, 0.2) is 36.7 Å². The quantitative estimate of drug-likeness (QED) is 0.644. The molecule has 4 N–H and O–H groups in total. The summed E-state index contributed by atoms with van der Waals surface area (Å²) in [6.45, 7) is 0. The van der Waals surface area contributed by atoms with Crippen molar-refractivity contribution >= 4 is 34.4 Å². The summed E-state index contributed by atoms with van der Waals surface area (Å²) in [5.41, 5.74) is 8.11. The number of nitrogens with one attached hydrogen (secondary N) is 2. The van der Waals surface area contributed by atoms with Crippen molar-refractivity contribution in [3.63, 3.8) is 0 Å². The molecule has 8 heteroatoms. The Kier molecular flexibility index (Phi) is 4.65. The van der Waals surface area contributed by atoms with Crippen molar-refractivity contribution in [2.24, 2.45) is 5.73 Å². The minimum Gasteiger partial charge on any atom is -0.366 e. The molecular weight excluding hydrogens is 355 g/mol. The van der Waals surface area contributed by atoms with Gasteiger partial charge in [0.05, 0.1) is 10.7 Å². The summed E-state index contributed by atoms with van der Waals surface area (Å²) >= 11 is 5.88. The van der Waals surface area contributed by atoms with E-state index in [-0.39, 0.29) is 5.02 Å². The Morgan fingerprint density at radius 3 is 2.77 bits per heavy atom. The van der Waals surface area contributed by atoms with Gasteiger partial charge in [-0.25, -0.2) is 13.9 Å². The lowest BCUT2D eigenvalue weighted by Gasteiger charge is -2.27. The highest BCUT2D eigenvalue weighted by Gasteiger charge is 2.19. The second-order valence-electron chi connectivity index (χ2n) is 6.65. The van der Waals surface area contributed by atoms with Crippen molar-refractivity contribution in [2.75, 3.05) is 10.6 Å². The Balaban J connectivity index is 1.61. The first kappa shape index (κ1) is 17.1. The van der Waals surface area contributed by atoms with Gasteiger partial charge in [0.2, 0.25) is 0 Å². The number of benzene rings is 1. The largest absolute Gasteiger partial charge is 0.366 e. The molecule has 26 heavy (non-hydrogen) atoms. The van der Waals surface area contributed by atoms with Crippen molar-refractivity contribution in [1.29, 1.82) is 0 Å². The number of aromatic nitrogens is 3. The van der Waals surface area contributed by atoms with Gasteiger partial charge in [-0.05, 0) is 43.9 Å². The zero-order valence-electron chi connectivity index (χ0n) is 14.1. The Labute approximate surface area is 155 Å². The molecule has 3 aromatic rings. The minimum atomic E-state index is -0.448. The molecule has 0 bridgehead atoms.